The van der Waals surface area contributed by atoms with Gasteiger partial charge in [-0.3, -0.25) is 9.88 Å². The lowest BCUT2D eigenvalue weighted by Gasteiger charge is -2.34. The topological polar surface area (TPSA) is 88.7 Å². The summed E-state index contributed by atoms with van der Waals surface area (Å²) in [6, 6.07) is 19.2. The molecule has 0 aliphatic carbocycles. The van der Waals surface area contributed by atoms with E-state index in [0.29, 0.717) is 28.4 Å². The first-order chi connectivity index (χ1) is 17.4. The quantitative estimate of drug-likeness (QED) is 0.311. The molecule has 0 amide bonds. The van der Waals surface area contributed by atoms with Crippen LogP contribution in [0.3, 0.4) is 0 Å². The van der Waals surface area contributed by atoms with Crippen LogP contribution in [0.2, 0.25) is 0 Å². The van der Waals surface area contributed by atoms with E-state index in [-0.39, 0.29) is 32.5 Å². The maximum Gasteiger partial charge on any atom is 0.250 e. The van der Waals surface area contributed by atoms with Crippen LogP contribution in [0.1, 0.15) is 30.4 Å². The highest BCUT2D eigenvalue weighted by atomic mass is 19.3. The second kappa shape index (κ2) is 8.81. The maximum atomic E-state index is 13.5. The summed E-state index contributed by atoms with van der Waals surface area (Å²) in [5.41, 5.74) is 10.2. The lowest BCUT2D eigenvalue weighted by atomic mass is 10.0. The minimum Gasteiger partial charge on any atom is -0.459 e. The number of rotatable bonds is 5. The predicted molar refractivity (Wildman–Crippen MR) is 133 cm³/mol. The summed E-state index contributed by atoms with van der Waals surface area (Å²) in [4.78, 5) is 6.24. The Balaban J connectivity index is 1.36. The number of hydrogen-bond acceptors (Lipinski definition) is 6. The largest absolute Gasteiger partial charge is 0.459 e. The van der Waals surface area contributed by atoms with Crippen molar-refractivity contribution < 1.29 is 22.7 Å². The number of aliphatic hydroxyl groups excluding tert-OH is 1. The maximum absolute atomic E-state index is 13.5. The molecule has 4 heterocycles. The Kier molecular flexibility index (Phi) is 5.59. The van der Waals surface area contributed by atoms with E-state index in [0.717, 1.165) is 27.5 Å². The molecule has 6 nitrogen and oxygen atoms in total. The number of furan rings is 2. The molecule has 1 fully saturated rings. The van der Waals surface area contributed by atoms with Gasteiger partial charge in [-0.15, -0.1) is 0 Å². The molecule has 1 saturated heterocycles. The molecule has 36 heavy (non-hydrogen) atoms. The van der Waals surface area contributed by atoms with Crippen LogP contribution in [0.4, 0.5) is 8.78 Å². The number of hydrogen-bond donors (Lipinski definition) is 2. The van der Waals surface area contributed by atoms with Crippen LogP contribution in [0.25, 0.3) is 44.5 Å². The number of likely N-dealkylation sites (tertiary alicyclic amines) is 1. The Morgan fingerprint density at radius 1 is 1.00 bits per heavy atom. The SMILES string of the molecule is NCc1cc2cc(-c3ccc(C(O)N4CCC(F)(F)CC4)cn3)cc(-c3cc4ccccc4o3)c2o1. The molecule has 1 atom stereocenters. The van der Waals surface area contributed by atoms with Gasteiger partial charge in [0.05, 0.1) is 17.8 Å². The molecule has 8 heteroatoms. The number of pyridine rings is 1. The van der Waals surface area contributed by atoms with Gasteiger partial charge in [-0.1, -0.05) is 24.3 Å². The number of fused-ring (bicyclic) bond motifs is 2. The van der Waals surface area contributed by atoms with Gasteiger partial charge in [-0.05, 0) is 36.4 Å². The number of para-hydroxylation sites is 1. The number of alkyl halides is 2. The molecule has 6 rings (SSSR count). The van der Waals surface area contributed by atoms with E-state index in [1.165, 1.54) is 0 Å². The van der Waals surface area contributed by atoms with Gasteiger partial charge < -0.3 is 19.7 Å². The summed E-state index contributed by atoms with van der Waals surface area (Å²) in [5.74, 6) is -1.32. The fourth-order valence-electron chi connectivity index (χ4n) is 4.79. The van der Waals surface area contributed by atoms with Gasteiger partial charge in [0.2, 0.25) is 0 Å². The predicted octanol–water partition coefficient (Wildman–Crippen LogP) is 6.09. The first-order valence-electron chi connectivity index (χ1n) is 11.9. The molecule has 0 spiro atoms. The summed E-state index contributed by atoms with van der Waals surface area (Å²) in [6.45, 7) is 0.547. The zero-order chi connectivity index (χ0) is 24.9. The van der Waals surface area contributed by atoms with Crippen molar-refractivity contribution in [2.45, 2.75) is 31.5 Å². The first-order valence-corrected chi connectivity index (χ1v) is 11.9. The summed E-state index contributed by atoms with van der Waals surface area (Å²) < 4.78 is 39.1. The van der Waals surface area contributed by atoms with Crippen LogP contribution in [-0.4, -0.2) is 34.0 Å². The highest BCUT2D eigenvalue weighted by molar-refractivity contribution is 5.97. The number of benzene rings is 2. The first kappa shape index (κ1) is 22.8. The van der Waals surface area contributed by atoms with Gasteiger partial charge in [0.1, 0.15) is 28.9 Å². The van der Waals surface area contributed by atoms with E-state index in [1.807, 2.05) is 54.6 Å². The zero-order valence-corrected chi connectivity index (χ0v) is 19.5. The minimum absolute atomic E-state index is 0.136. The van der Waals surface area contributed by atoms with Crippen LogP contribution in [0.15, 0.2) is 75.7 Å². The fourth-order valence-corrected chi connectivity index (χ4v) is 4.79. The standard InChI is InChI=1S/C28H25F2N3O3/c29-28(30)7-9-33(10-8-28)27(34)18-5-6-23(32-16-18)19-11-20-12-21(15-31)35-26(20)22(13-19)25-14-17-3-1-2-4-24(17)36-25/h1-6,11-14,16,27,34H,7-10,15,31H2. The summed E-state index contributed by atoms with van der Waals surface area (Å²) >= 11 is 0. The average Bonchev–Trinajstić information content (AvgIpc) is 3.52. The van der Waals surface area contributed by atoms with E-state index >= 15 is 0 Å². The van der Waals surface area contributed by atoms with Crippen LogP contribution in [0.5, 0.6) is 0 Å². The molecular formula is C28H25F2N3O3. The Morgan fingerprint density at radius 3 is 2.53 bits per heavy atom. The van der Waals surface area contributed by atoms with Crippen molar-refractivity contribution in [3.05, 3.63) is 78.2 Å². The molecule has 0 bridgehead atoms. The fraction of sp³-hybridized carbons (Fsp3) is 0.250. The van der Waals surface area contributed by atoms with Crippen molar-refractivity contribution in [2.24, 2.45) is 5.73 Å². The third-order valence-corrected chi connectivity index (χ3v) is 6.82. The number of aromatic nitrogens is 1. The number of nitrogens with two attached hydrogens (primary N) is 1. The van der Waals surface area contributed by atoms with Crippen molar-refractivity contribution in [1.82, 2.24) is 9.88 Å². The van der Waals surface area contributed by atoms with Crippen molar-refractivity contribution >= 4 is 21.9 Å². The molecule has 1 aliphatic rings. The van der Waals surface area contributed by atoms with Crippen LogP contribution in [0, 0.1) is 0 Å². The second-order valence-corrected chi connectivity index (χ2v) is 9.25. The Bertz CT molecular complexity index is 1500. The molecule has 1 unspecified atom stereocenters. The molecule has 0 radical (unpaired) electrons. The molecule has 2 aromatic carbocycles. The van der Waals surface area contributed by atoms with Crippen LogP contribution < -0.4 is 5.73 Å². The Hall–Kier alpha value is -3.59. The number of aliphatic hydroxyl groups is 1. The van der Waals surface area contributed by atoms with Crippen LogP contribution in [-0.2, 0) is 6.54 Å². The van der Waals surface area contributed by atoms with Crippen molar-refractivity contribution in [1.29, 1.82) is 0 Å². The van der Waals surface area contributed by atoms with Crippen molar-refractivity contribution in [2.75, 3.05) is 13.1 Å². The zero-order valence-electron chi connectivity index (χ0n) is 19.5. The monoisotopic (exact) mass is 489 g/mol. The molecule has 5 aromatic rings. The van der Waals surface area contributed by atoms with Gasteiger partial charge in [-0.25, -0.2) is 8.78 Å². The minimum atomic E-state index is -2.66. The van der Waals surface area contributed by atoms with E-state index in [1.54, 1.807) is 17.2 Å². The van der Waals surface area contributed by atoms with Gasteiger partial charge in [0.25, 0.3) is 5.92 Å². The Labute approximate surface area is 205 Å². The smallest absolute Gasteiger partial charge is 0.250 e. The van der Waals surface area contributed by atoms with E-state index in [2.05, 4.69) is 4.98 Å². The normalized spacial score (nSPS) is 17.1. The van der Waals surface area contributed by atoms with Gasteiger partial charge >= 0.3 is 0 Å². The number of halogens is 2. The van der Waals surface area contributed by atoms with E-state index < -0.39 is 12.2 Å². The highest BCUT2D eigenvalue weighted by Gasteiger charge is 2.36. The van der Waals surface area contributed by atoms with E-state index in [9.17, 15) is 13.9 Å². The van der Waals surface area contributed by atoms with Crippen molar-refractivity contribution in [3.63, 3.8) is 0 Å². The van der Waals surface area contributed by atoms with E-state index in [4.69, 9.17) is 14.6 Å². The Morgan fingerprint density at radius 2 is 1.81 bits per heavy atom. The highest BCUT2D eigenvalue weighted by Crippen LogP contribution is 2.38. The van der Waals surface area contributed by atoms with Crippen molar-refractivity contribution in [3.8, 4) is 22.6 Å². The number of nitrogens with zero attached hydrogens (tertiary/aromatic N) is 2. The lowest BCUT2D eigenvalue weighted by Crippen LogP contribution is -2.41. The lowest BCUT2D eigenvalue weighted by molar-refractivity contribution is -0.0962. The second-order valence-electron chi connectivity index (χ2n) is 9.25. The third-order valence-electron chi connectivity index (χ3n) is 6.82. The number of piperidine rings is 1. The molecule has 3 N–H and O–H groups in total. The molecule has 1 aliphatic heterocycles. The van der Waals surface area contributed by atoms with Gasteiger partial charge in [-0.2, -0.15) is 0 Å². The molecule has 3 aromatic heterocycles. The molecular weight excluding hydrogens is 464 g/mol. The average molecular weight is 490 g/mol. The third kappa shape index (κ3) is 4.17. The molecule has 184 valence electrons. The molecule has 0 saturated carbocycles. The summed E-state index contributed by atoms with van der Waals surface area (Å²) in [7, 11) is 0. The summed E-state index contributed by atoms with van der Waals surface area (Å²) in [6.07, 6.45) is 0.112. The van der Waals surface area contributed by atoms with Gasteiger partial charge in [0, 0.05) is 54.0 Å². The van der Waals surface area contributed by atoms with Gasteiger partial charge in [0.15, 0.2) is 0 Å². The summed E-state index contributed by atoms with van der Waals surface area (Å²) in [5, 5.41) is 12.6. The van der Waals surface area contributed by atoms with Crippen LogP contribution >= 0.6 is 0 Å².